The molecule has 0 bridgehead atoms. The molecular formula is C17H28N6O. The lowest BCUT2D eigenvalue weighted by molar-refractivity contribution is 0.0548. The Morgan fingerprint density at radius 3 is 2.42 bits per heavy atom. The minimum absolute atomic E-state index is 0.0432. The van der Waals surface area contributed by atoms with Gasteiger partial charge in [-0.1, -0.05) is 13.8 Å². The fourth-order valence-electron chi connectivity index (χ4n) is 3.34. The maximum Gasteiger partial charge on any atom is 0.225 e. The van der Waals surface area contributed by atoms with Gasteiger partial charge in [0.15, 0.2) is 5.96 Å². The molecular weight excluding hydrogens is 304 g/mol. The molecule has 1 atom stereocenters. The summed E-state index contributed by atoms with van der Waals surface area (Å²) in [5.74, 6) is 1.62. The number of aliphatic hydroxyl groups is 1. The van der Waals surface area contributed by atoms with Crippen LogP contribution in [0.2, 0.25) is 0 Å². The third-order valence-corrected chi connectivity index (χ3v) is 5.15. The van der Waals surface area contributed by atoms with E-state index in [1.54, 1.807) is 12.4 Å². The zero-order chi connectivity index (χ0) is 17.2. The summed E-state index contributed by atoms with van der Waals surface area (Å²) in [6, 6.07) is 1.82. The lowest BCUT2D eigenvalue weighted by Gasteiger charge is -2.35. The van der Waals surface area contributed by atoms with E-state index in [9.17, 15) is 5.11 Å². The van der Waals surface area contributed by atoms with Crippen LogP contribution in [0, 0.1) is 11.3 Å². The van der Waals surface area contributed by atoms with E-state index in [0.29, 0.717) is 12.5 Å². The van der Waals surface area contributed by atoms with Gasteiger partial charge in [-0.15, -0.1) is 0 Å². The fourth-order valence-corrected chi connectivity index (χ4v) is 3.34. The SMILES string of the molecule is CC(C)C(O)C1(CN=C(N)N2CCN(c3ncccn3)CC2)CC1. The zero-order valence-electron chi connectivity index (χ0n) is 14.6. The summed E-state index contributed by atoms with van der Waals surface area (Å²) in [7, 11) is 0. The van der Waals surface area contributed by atoms with Crippen LogP contribution in [0.1, 0.15) is 26.7 Å². The molecule has 7 heteroatoms. The molecule has 1 aromatic rings. The third kappa shape index (κ3) is 3.61. The third-order valence-electron chi connectivity index (χ3n) is 5.15. The standard InChI is InChI=1S/C17H28N6O/c1-13(2)14(24)17(4-5-17)12-21-15(18)22-8-10-23(11-9-22)16-19-6-3-7-20-16/h3,6-7,13-14,24H,4-5,8-12H2,1-2H3,(H2,18,21). The molecule has 1 aliphatic heterocycles. The van der Waals surface area contributed by atoms with Crippen molar-refractivity contribution in [3.8, 4) is 0 Å². The topological polar surface area (TPSA) is 90.9 Å². The van der Waals surface area contributed by atoms with Gasteiger partial charge in [0.2, 0.25) is 5.95 Å². The van der Waals surface area contributed by atoms with Crippen molar-refractivity contribution in [1.29, 1.82) is 0 Å². The second-order valence-electron chi connectivity index (χ2n) is 7.25. The molecule has 0 spiro atoms. The van der Waals surface area contributed by atoms with Gasteiger partial charge >= 0.3 is 0 Å². The number of aliphatic imine (C=N–C) groups is 1. The number of anilines is 1. The lowest BCUT2D eigenvalue weighted by atomic mass is 9.90. The van der Waals surface area contributed by atoms with Crippen molar-refractivity contribution in [2.75, 3.05) is 37.6 Å². The highest BCUT2D eigenvalue weighted by Crippen LogP contribution is 2.50. The molecule has 24 heavy (non-hydrogen) atoms. The Bertz CT molecular complexity index is 564. The second-order valence-corrected chi connectivity index (χ2v) is 7.25. The minimum Gasteiger partial charge on any atom is -0.392 e. The maximum atomic E-state index is 10.4. The van der Waals surface area contributed by atoms with E-state index in [1.807, 2.05) is 6.07 Å². The van der Waals surface area contributed by atoms with Crippen LogP contribution in [0.15, 0.2) is 23.5 Å². The van der Waals surface area contributed by atoms with E-state index in [0.717, 1.165) is 45.0 Å². The summed E-state index contributed by atoms with van der Waals surface area (Å²) in [6.07, 6.45) is 5.32. The summed E-state index contributed by atoms with van der Waals surface area (Å²) < 4.78 is 0. The number of hydrogen-bond donors (Lipinski definition) is 2. The Balaban J connectivity index is 1.53. The second kappa shape index (κ2) is 6.93. The van der Waals surface area contributed by atoms with Crippen molar-refractivity contribution in [3.05, 3.63) is 18.5 Å². The van der Waals surface area contributed by atoms with E-state index in [1.165, 1.54) is 0 Å². The normalized spacial score (nSPS) is 21.9. The van der Waals surface area contributed by atoms with E-state index in [-0.39, 0.29) is 17.4 Å². The quantitative estimate of drug-likeness (QED) is 0.610. The zero-order valence-corrected chi connectivity index (χ0v) is 14.6. The first-order valence-electron chi connectivity index (χ1n) is 8.77. The Kier molecular flexibility index (Phi) is 4.89. The monoisotopic (exact) mass is 332 g/mol. The Morgan fingerprint density at radius 1 is 1.25 bits per heavy atom. The summed E-state index contributed by atoms with van der Waals surface area (Å²) in [6.45, 7) is 8.03. The molecule has 1 aromatic heterocycles. The molecule has 3 rings (SSSR count). The van der Waals surface area contributed by atoms with Crippen molar-refractivity contribution < 1.29 is 5.11 Å². The summed E-state index contributed by atoms with van der Waals surface area (Å²) in [4.78, 5) is 17.4. The highest BCUT2D eigenvalue weighted by atomic mass is 16.3. The number of piperazine rings is 1. The fraction of sp³-hybridized carbons (Fsp3) is 0.706. The minimum atomic E-state index is -0.291. The number of nitrogens with zero attached hydrogens (tertiary/aromatic N) is 5. The van der Waals surface area contributed by atoms with Crippen LogP contribution in [0.5, 0.6) is 0 Å². The highest BCUT2D eigenvalue weighted by Gasteiger charge is 2.49. The van der Waals surface area contributed by atoms with Gasteiger partial charge in [0.05, 0.1) is 12.6 Å². The van der Waals surface area contributed by atoms with Crippen LogP contribution < -0.4 is 10.6 Å². The number of hydrogen-bond acceptors (Lipinski definition) is 5. The van der Waals surface area contributed by atoms with Crippen LogP contribution in [0.4, 0.5) is 5.95 Å². The van der Waals surface area contributed by atoms with Crippen molar-refractivity contribution in [2.45, 2.75) is 32.8 Å². The van der Waals surface area contributed by atoms with Gasteiger partial charge in [-0.25, -0.2) is 9.97 Å². The first-order chi connectivity index (χ1) is 11.5. The Hall–Kier alpha value is -1.89. The molecule has 7 nitrogen and oxygen atoms in total. The average molecular weight is 332 g/mol. The van der Waals surface area contributed by atoms with Crippen molar-refractivity contribution in [1.82, 2.24) is 14.9 Å². The molecule has 0 aromatic carbocycles. The molecule has 1 aliphatic carbocycles. The molecule has 3 N–H and O–H groups in total. The van der Waals surface area contributed by atoms with Gasteiger partial charge in [-0.3, -0.25) is 4.99 Å². The molecule has 2 aliphatic rings. The van der Waals surface area contributed by atoms with E-state index < -0.39 is 0 Å². The summed E-state index contributed by atoms with van der Waals surface area (Å²) >= 11 is 0. The Labute approximate surface area is 143 Å². The van der Waals surface area contributed by atoms with Crippen LogP contribution in [-0.4, -0.2) is 64.8 Å². The highest BCUT2D eigenvalue weighted by molar-refractivity contribution is 5.78. The van der Waals surface area contributed by atoms with Crippen LogP contribution in [0.3, 0.4) is 0 Å². The summed E-state index contributed by atoms with van der Waals surface area (Å²) in [5.41, 5.74) is 6.15. The molecule has 2 heterocycles. The van der Waals surface area contributed by atoms with Crippen LogP contribution in [0.25, 0.3) is 0 Å². The van der Waals surface area contributed by atoms with Crippen molar-refractivity contribution in [3.63, 3.8) is 0 Å². The maximum absolute atomic E-state index is 10.4. The number of aromatic nitrogens is 2. The molecule has 1 saturated carbocycles. The molecule has 0 radical (unpaired) electrons. The number of guanidine groups is 1. The van der Waals surface area contributed by atoms with Gasteiger partial charge in [0.25, 0.3) is 0 Å². The lowest BCUT2D eigenvalue weighted by Crippen LogP contribution is -2.51. The van der Waals surface area contributed by atoms with E-state index in [4.69, 9.17) is 5.73 Å². The van der Waals surface area contributed by atoms with Gasteiger partial charge in [0.1, 0.15) is 0 Å². The number of rotatable bonds is 5. The number of aliphatic hydroxyl groups excluding tert-OH is 1. The van der Waals surface area contributed by atoms with Crippen LogP contribution >= 0.6 is 0 Å². The first kappa shape index (κ1) is 17.0. The van der Waals surface area contributed by atoms with Gasteiger partial charge < -0.3 is 20.6 Å². The summed E-state index contributed by atoms with van der Waals surface area (Å²) in [5, 5.41) is 10.4. The molecule has 0 amide bonds. The molecule has 2 fully saturated rings. The van der Waals surface area contributed by atoms with Gasteiger partial charge in [0, 0.05) is 44.0 Å². The Morgan fingerprint density at radius 2 is 1.88 bits per heavy atom. The van der Waals surface area contributed by atoms with Crippen molar-refractivity contribution in [2.24, 2.45) is 22.1 Å². The van der Waals surface area contributed by atoms with E-state index >= 15 is 0 Å². The molecule has 1 saturated heterocycles. The van der Waals surface area contributed by atoms with Gasteiger partial charge in [-0.2, -0.15) is 0 Å². The predicted octanol–water partition coefficient (Wildman–Crippen LogP) is 0.710. The average Bonchev–Trinajstić information content (AvgIpc) is 3.41. The molecule has 132 valence electrons. The smallest absolute Gasteiger partial charge is 0.225 e. The van der Waals surface area contributed by atoms with Gasteiger partial charge in [-0.05, 0) is 24.8 Å². The van der Waals surface area contributed by atoms with Crippen molar-refractivity contribution >= 4 is 11.9 Å². The van der Waals surface area contributed by atoms with E-state index in [2.05, 4.69) is 38.6 Å². The largest absolute Gasteiger partial charge is 0.392 e. The van der Waals surface area contributed by atoms with Crippen LogP contribution in [-0.2, 0) is 0 Å². The first-order valence-corrected chi connectivity index (χ1v) is 8.77. The molecule has 1 unspecified atom stereocenters. The predicted molar refractivity (Wildman–Crippen MR) is 94.8 cm³/mol. The number of nitrogens with two attached hydrogens (primary N) is 1.